The summed E-state index contributed by atoms with van der Waals surface area (Å²) in [7, 11) is 0. The normalized spacial score (nSPS) is 20.5. The van der Waals surface area contributed by atoms with E-state index in [1.807, 2.05) is 17.0 Å². The van der Waals surface area contributed by atoms with Crippen molar-refractivity contribution in [1.29, 1.82) is 0 Å². The molecule has 1 saturated heterocycles. The molecule has 1 heterocycles. The van der Waals surface area contributed by atoms with Crippen LogP contribution in [-0.2, 0) is 11.3 Å². The fourth-order valence-electron chi connectivity index (χ4n) is 2.97. The van der Waals surface area contributed by atoms with Crippen LogP contribution in [0.15, 0.2) is 18.2 Å². The Balaban J connectivity index is 2.08. The summed E-state index contributed by atoms with van der Waals surface area (Å²) in [6, 6.07) is 5.50. The zero-order valence-electron chi connectivity index (χ0n) is 13.2. The molecule has 1 fully saturated rings. The average molecular weight is 309 g/mol. The van der Waals surface area contributed by atoms with Crippen molar-refractivity contribution in [3.8, 4) is 0 Å². The monoisotopic (exact) mass is 308 g/mol. The summed E-state index contributed by atoms with van der Waals surface area (Å²) in [5, 5.41) is 0.638. The second kappa shape index (κ2) is 6.27. The van der Waals surface area contributed by atoms with Gasteiger partial charge in [-0.25, -0.2) is 0 Å². The molecule has 1 aliphatic heterocycles. The maximum Gasteiger partial charge on any atom is 0.222 e. The van der Waals surface area contributed by atoms with Crippen molar-refractivity contribution in [2.45, 2.75) is 46.6 Å². The largest absolute Gasteiger partial charge is 0.399 e. The smallest absolute Gasteiger partial charge is 0.222 e. The Hall–Kier alpha value is -1.22. The lowest BCUT2D eigenvalue weighted by molar-refractivity contribution is -0.131. The highest BCUT2D eigenvalue weighted by atomic mass is 35.5. The molecule has 3 nitrogen and oxygen atoms in total. The number of rotatable bonds is 2. The number of benzene rings is 1. The number of hydrogen-bond donors (Lipinski definition) is 1. The highest BCUT2D eigenvalue weighted by molar-refractivity contribution is 6.31. The van der Waals surface area contributed by atoms with E-state index in [4.69, 9.17) is 17.3 Å². The second-order valence-corrected chi connectivity index (χ2v) is 7.46. The van der Waals surface area contributed by atoms with E-state index in [1.165, 1.54) is 0 Å². The number of carbonyl (C=O) groups is 1. The highest BCUT2D eigenvalue weighted by Crippen LogP contribution is 2.35. The van der Waals surface area contributed by atoms with E-state index in [0.29, 0.717) is 29.6 Å². The van der Waals surface area contributed by atoms with Crippen molar-refractivity contribution in [2.24, 2.45) is 11.3 Å². The van der Waals surface area contributed by atoms with Crippen LogP contribution < -0.4 is 5.73 Å². The first-order valence-corrected chi connectivity index (χ1v) is 7.97. The number of nitrogens with zero attached hydrogens (tertiary/aromatic N) is 1. The molecule has 4 heteroatoms. The lowest BCUT2D eigenvalue weighted by Crippen LogP contribution is -2.30. The Morgan fingerprint density at radius 3 is 2.67 bits per heavy atom. The van der Waals surface area contributed by atoms with Crippen molar-refractivity contribution in [3.05, 3.63) is 28.8 Å². The average Bonchev–Trinajstić information content (AvgIpc) is 2.55. The van der Waals surface area contributed by atoms with E-state index in [9.17, 15) is 4.79 Å². The fraction of sp³-hybridized carbons (Fsp3) is 0.588. The molecule has 2 N–H and O–H groups in total. The van der Waals surface area contributed by atoms with Crippen molar-refractivity contribution >= 4 is 23.2 Å². The van der Waals surface area contributed by atoms with Gasteiger partial charge in [-0.15, -0.1) is 0 Å². The highest BCUT2D eigenvalue weighted by Gasteiger charge is 2.30. The van der Waals surface area contributed by atoms with Crippen LogP contribution >= 0.6 is 11.6 Å². The van der Waals surface area contributed by atoms with Gasteiger partial charge in [-0.2, -0.15) is 0 Å². The first-order chi connectivity index (χ1) is 9.77. The summed E-state index contributed by atoms with van der Waals surface area (Å²) in [4.78, 5) is 14.3. The molecule has 0 aliphatic carbocycles. The zero-order chi connectivity index (χ0) is 15.6. The molecule has 0 saturated carbocycles. The summed E-state index contributed by atoms with van der Waals surface area (Å²) in [5.74, 6) is 0.822. The van der Waals surface area contributed by atoms with Gasteiger partial charge < -0.3 is 10.6 Å². The minimum Gasteiger partial charge on any atom is -0.399 e. The molecule has 1 atom stereocenters. The molecule has 1 aliphatic rings. The van der Waals surface area contributed by atoms with E-state index in [-0.39, 0.29) is 11.3 Å². The molecule has 1 unspecified atom stereocenters. The van der Waals surface area contributed by atoms with Gasteiger partial charge in [0.25, 0.3) is 0 Å². The summed E-state index contributed by atoms with van der Waals surface area (Å²) < 4.78 is 0. The minimum atomic E-state index is 0.231. The third-order valence-electron chi connectivity index (χ3n) is 4.47. The van der Waals surface area contributed by atoms with Gasteiger partial charge in [0.05, 0.1) is 0 Å². The topological polar surface area (TPSA) is 46.3 Å². The summed E-state index contributed by atoms with van der Waals surface area (Å²) in [6.07, 6.45) is 2.67. The molecule has 0 aromatic heterocycles. The maximum atomic E-state index is 12.3. The molecule has 0 radical (unpaired) electrons. The molecule has 21 heavy (non-hydrogen) atoms. The van der Waals surface area contributed by atoms with Crippen LogP contribution in [0.5, 0.6) is 0 Å². The Morgan fingerprint density at radius 1 is 1.33 bits per heavy atom. The van der Waals surface area contributed by atoms with Crippen LogP contribution in [0, 0.1) is 11.3 Å². The van der Waals surface area contributed by atoms with E-state index in [0.717, 1.165) is 24.9 Å². The van der Waals surface area contributed by atoms with E-state index in [1.54, 1.807) is 6.07 Å². The third kappa shape index (κ3) is 4.13. The standard InChI is InChI=1S/C17H25ClN2O/c1-17(2,3)13-5-7-16(21)20(9-8-13)11-12-4-6-14(19)10-15(12)18/h4,6,10,13H,5,7-9,11,19H2,1-3H3. The first-order valence-electron chi connectivity index (χ1n) is 7.59. The quantitative estimate of drug-likeness (QED) is 0.836. The van der Waals surface area contributed by atoms with Crippen molar-refractivity contribution in [2.75, 3.05) is 12.3 Å². The zero-order valence-corrected chi connectivity index (χ0v) is 13.9. The lowest BCUT2D eigenvalue weighted by atomic mass is 9.77. The number of halogens is 1. The van der Waals surface area contributed by atoms with Gasteiger partial charge in [-0.05, 0) is 41.9 Å². The molecule has 1 aromatic carbocycles. The van der Waals surface area contributed by atoms with Crippen molar-refractivity contribution in [3.63, 3.8) is 0 Å². The van der Waals surface area contributed by atoms with Gasteiger partial charge in [0.15, 0.2) is 0 Å². The summed E-state index contributed by atoms with van der Waals surface area (Å²) in [5.41, 5.74) is 7.59. The van der Waals surface area contributed by atoms with Gasteiger partial charge in [0, 0.05) is 30.2 Å². The molecule has 0 spiro atoms. The predicted molar refractivity (Wildman–Crippen MR) is 88.1 cm³/mol. The van der Waals surface area contributed by atoms with Gasteiger partial charge in [0.1, 0.15) is 0 Å². The fourth-order valence-corrected chi connectivity index (χ4v) is 3.22. The predicted octanol–water partition coefficient (Wildman–Crippen LogP) is 4.10. The lowest BCUT2D eigenvalue weighted by Gasteiger charge is -2.29. The molecular formula is C17H25ClN2O. The number of hydrogen-bond acceptors (Lipinski definition) is 2. The minimum absolute atomic E-state index is 0.231. The van der Waals surface area contributed by atoms with E-state index >= 15 is 0 Å². The van der Waals surface area contributed by atoms with Gasteiger partial charge in [-0.1, -0.05) is 38.4 Å². The van der Waals surface area contributed by atoms with Crippen LogP contribution in [0.25, 0.3) is 0 Å². The van der Waals surface area contributed by atoms with Crippen LogP contribution in [0.4, 0.5) is 5.69 Å². The number of nitrogens with two attached hydrogens (primary N) is 1. The Kier molecular flexibility index (Phi) is 4.82. The first kappa shape index (κ1) is 16.2. The van der Waals surface area contributed by atoms with Crippen LogP contribution in [-0.4, -0.2) is 17.4 Å². The summed E-state index contributed by atoms with van der Waals surface area (Å²) >= 11 is 6.22. The van der Waals surface area contributed by atoms with E-state index in [2.05, 4.69) is 20.8 Å². The summed E-state index contributed by atoms with van der Waals surface area (Å²) in [6.45, 7) is 8.16. The van der Waals surface area contributed by atoms with Gasteiger partial charge >= 0.3 is 0 Å². The molecule has 2 rings (SSSR count). The number of anilines is 1. The third-order valence-corrected chi connectivity index (χ3v) is 4.82. The van der Waals surface area contributed by atoms with Crippen LogP contribution in [0.3, 0.4) is 0 Å². The van der Waals surface area contributed by atoms with Crippen molar-refractivity contribution < 1.29 is 4.79 Å². The van der Waals surface area contributed by atoms with Gasteiger partial charge in [0.2, 0.25) is 5.91 Å². The number of nitrogen functional groups attached to an aromatic ring is 1. The van der Waals surface area contributed by atoms with E-state index < -0.39 is 0 Å². The Bertz CT molecular complexity index is 522. The van der Waals surface area contributed by atoms with Crippen LogP contribution in [0.1, 0.15) is 45.6 Å². The van der Waals surface area contributed by atoms with Crippen molar-refractivity contribution in [1.82, 2.24) is 4.90 Å². The maximum absolute atomic E-state index is 12.3. The number of carbonyl (C=O) groups excluding carboxylic acids is 1. The number of likely N-dealkylation sites (tertiary alicyclic amines) is 1. The Labute approximate surface area is 132 Å². The molecule has 1 aromatic rings. The second-order valence-electron chi connectivity index (χ2n) is 7.06. The number of amides is 1. The SMILES string of the molecule is CC(C)(C)C1CCC(=O)N(Cc2ccc(N)cc2Cl)CC1. The molecular weight excluding hydrogens is 284 g/mol. The van der Waals surface area contributed by atoms with Crippen LogP contribution in [0.2, 0.25) is 5.02 Å². The molecule has 1 amide bonds. The van der Waals surface area contributed by atoms with Gasteiger partial charge in [-0.3, -0.25) is 4.79 Å². The molecule has 116 valence electrons. The Morgan fingerprint density at radius 2 is 2.05 bits per heavy atom. The molecule has 0 bridgehead atoms.